The highest BCUT2D eigenvalue weighted by Crippen LogP contribution is 2.10. The summed E-state index contributed by atoms with van der Waals surface area (Å²) in [6.07, 6.45) is 4.92. The molecule has 1 unspecified atom stereocenters. The molecule has 0 amide bonds. The maximum Gasteiger partial charge on any atom is 0.0545 e. The lowest BCUT2D eigenvalue weighted by Gasteiger charge is -2.11. The standard InChI is InChI=1S/C11H22O/c1-9(2)6-5-7-11(12)8-10(3)4/h6,10-12H,5,7-8H2,1-4H3. The second kappa shape index (κ2) is 6.24. The van der Waals surface area contributed by atoms with Gasteiger partial charge in [0.15, 0.2) is 0 Å². The van der Waals surface area contributed by atoms with Gasteiger partial charge in [0.1, 0.15) is 0 Å². The normalized spacial score (nSPS) is 13.2. The van der Waals surface area contributed by atoms with Crippen molar-refractivity contribution in [3.63, 3.8) is 0 Å². The zero-order chi connectivity index (χ0) is 9.56. The molecule has 72 valence electrons. The van der Waals surface area contributed by atoms with Crippen molar-refractivity contribution in [3.05, 3.63) is 11.6 Å². The van der Waals surface area contributed by atoms with E-state index in [1.54, 1.807) is 0 Å². The summed E-state index contributed by atoms with van der Waals surface area (Å²) in [5.74, 6) is 0.603. The fourth-order valence-electron chi connectivity index (χ4n) is 1.23. The van der Waals surface area contributed by atoms with E-state index in [2.05, 4.69) is 33.8 Å². The van der Waals surface area contributed by atoms with E-state index in [-0.39, 0.29) is 6.10 Å². The molecule has 0 aromatic rings. The van der Waals surface area contributed by atoms with Gasteiger partial charge in [0.05, 0.1) is 6.10 Å². The number of allylic oxidation sites excluding steroid dienone is 2. The van der Waals surface area contributed by atoms with Crippen molar-refractivity contribution < 1.29 is 5.11 Å². The third-order valence-corrected chi connectivity index (χ3v) is 1.80. The predicted octanol–water partition coefficient (Wildman–Crippen LogP) is 3.14. The van der Waals surface area contributed by atoms with E-state index in [9.17, 15) is 5.11 Å². The van der Waals surface area contributed by atoms with Crippen LogP contribution in [0.15, 0.2) is 11.6 Å². The SMILES string of the molecule is CC(C)=CCCC(O)CC(C)C. The number of aliphatic hydroxyl groups is 1. The highest BCUT2D eigenvalue weighted by Gasteiger charge is 2.04. The largest absolute Gasteiger partial charge is 0.393 e. The second-order valence-electron chi connectivity index (χ2n) is 4.14. The molecule has 0 aliphatic carbocycles. The summed E-state index contributed by atoms with van der Waals surface area (Å²) in [5.41, 5.74) is 1.34. The minimum atomic E-state index is -0.111. The molecule has 0 bridgehead atoms. The molecule has 0 aliphatic heterocycles. The molecule has 12 heavy (non-hydrogen) atoms. The molecule has 0 aliphatic rings. The summed E-state index contributed by atoms with van der Waals surface area (Å²) in [6.45, 7) is 8.47. The maximum absolute atomic E-state index is 9.50. The van der Waals surface area contributed by atoms with Gasteiger partial charge in [0.2, 0.25) is 0 Å². The summed E-state index contributed by atoms with van der Waals surface area (Å²) in [6, 6.07) is 0. The molecule has 1 heteroatoms. The van der Waals surface area contributed by atoms with Crippen molar-refractivity contribution in [2.75, 3.05) is 0 Å². The van der Waals surface area contributed by atoms with E-state index >= 15 is 0 Å². The molecular weight excluding hydrogens is 148 g/mol. The van der Waals surface area contributed by atoms with Crippen LogP contribution in [-0.4, -0.2) is 11.2 Å². The summed E-state index contributed by atoms with van der Waals surface area (Å²) in [5, 5.41) is 9.50. The molecule has 1 N–H and O–H groups in total. The molecule has 0 saturated heterocycles. The lowest BCUT2D eigenvalue weighted by atomic mass is 10.0. The van der Waals surface area contributed by atoms with Crippen LogP contribution in [0.1, 0.15) is 47.0 Å². The zero-order valence-electron chi connectivity index (χ0n) is 8.80. The van der Waals surface area contributed by atoms with E-state index in [1.807, 2.05) is 0 Å². The van der Waals surface area contributed by atoms with E-state index in [4.69, 9.17) is 0 Å². The summed E-state index contributed by atoms with van der Waals surface area (Å²) in [4.78, 5) is 0. The van der Waals surface area contributed by atoms with Crippen LogP contribution >= 0.6 is 0 Å². The van der Waals surface area contributed by atoms with E-state index < -0.39 is 0 Å². The monoisotopic (exact) mass is 170 g/mol. The topological polar surface area (TPSA) is 20.2 Å². The van der Waals surface area contributed by atoms with Crippen LogP contribution in [0.4, 0.5) is 0 Å². The highest BCUT2D eigenvalue weighted by molar-refractivity contribution is 4.92. The van der Waals surface area contributed by atoms with Gasteiger partial charge in [-0.3, -0.25) is 0 Å². The Hall–Kier alpha value is -0.300. The summed E-state index contributed by atoms with van der Waals surface area (Å²) in [7, 11) is 0. The predicted molar refractivity (Wildman–Crippen MR) is 54.1 cm³/mol. The molecule has 0 aromatic carbocycles. The number of aliphatic hydroxyl groups excluding tert-OH is 1. The Kier molecular flexibility index (Phi) is 6.09. The van der Waals surface area contributed by atoms with E-state index in [1.165, 1.54) is 5.57 Å². The fraction of sp³-hybridized carbons (Fsp3) is 0.818. The second-order valence-corrected chi connectivity index (χ2v) is 4.14. The van der Waals surface area contributed by atoms with Crippen molar-refractivity contribution >= 4 is 0 Å². The van der Waals surface area contributed by atoms with Crippen LogP contribution in [-0.2, 0) is 0 Å². The van der Waals surface area contributed by atoms with E-state index in [0.29, 0.717) is 5.92 Å². The van der Waals surface area contributed by atoms with Gasteiger partial charge in [-0.1, -0.05) is 25.5 Å². The Bertz CT molecular complexity index is 132. The first-order valence-electron chi connectivity index (χ1n) is 4.83. The first-order chi connectivity index (χ1) is 5.52. The molecule has 0 heterocycles. The van der Waals surface area contributed by atoms with E-state index in [0.717, 1.165) is 19.3 Å². The van der Waals surface area contributed by atoms with Crippen LogP contribution in [0.25, 0.3) is 0 Å². The van der Waals surface area contributed by atoms with Gasteiger partial charge in [-0.15, -0.1) is 0 Å². The molecule has 0 spiro atoms. The van der Waals surface area contributed by atoms with Crippen molar-refractivity contribution in [3.8, 4) is 0 Å². The minimum Gasteiger partial charge on any atom is -0.393 e. The van der Waals surface area contributed by atoms with Crippen LogP contribution in [0.3, 0.4) is 0 Å². The van der Waals surface area contributed by atoms with Crippen molar-refractivity contribution in [1.29, 1.82) is 0 Å². The first-order valence-corrected chi connectivity index (χ1v) is 4.83. The molecule has 0 saturated carbocycles. The summed E-state index contributed by atoms with van der Waals surface area (Å²) >= 11 is 0. The Morgan fingerprint density at radius 2 is 1.92 bits per heavy atom. The van der Waals surface area contributed by atoms with Gasteiger partial charge in [0.25, 0.3) is 0 Å². The molecule has 0 aromatic heterocycles. The van der Waals surface area contributed by atoms with Gasteiger partial charge in [0, 0.05) is 0 Å². The van der Waals surface area contributed by atoms with Crippen LogP contribution < -0.4 is 0 Å². The Labute approximate surface area is 76.5 Å². The number of hydrogen-bond acceptors (Lipinski definition) is 1. The molecule has 0 fully saturated rings. The van der Waals surface area contributed by atoms with Crippen molar-refractivity contribution in [1.82, 2.24) is 0 Å². The van der Waals surface area contributed by atoms with Gasteiger partial charge in [-0.2, -0.15) is 0 Å². The first kappa shape index (κ1) is 11.7. The smallest absolute Gasteiger partial charge is 0.0545 e. The third kappa shape index (κ3) is 7.80. The highest BCUT2D eigenvalue weighted by atomic mass is 16.3. The van der Waals surface area contributed by atoms with Crippen molar-refractivity contribution in [2.45, 2.75) is 53.1 Å². The van der Waals surface area contributed by atoms with Crippen LogP contribution in [0, 0.1) is 5.92 Å². The Morgan fingerprint density at radius 3 is 2.33 bits per heavy atom. The number of rotatable bonds is 5. The fourth-order valence-corrected chi connectivity index (χ4v) is 1.23. The maximum atomic E-state index is 9.50. The van der Waals surface area contributed by atoms with Crippen molar-refractivity contribution in [2.24, 2.45) is 5.92 Å². The average molecular weight is 170 g/mol. The van der Waals surface area contributed by atoms with Gasteiger partial charge in [-0.25, -0.2) is 0 Å². The Balaban J connectivity index is 3.44. The molecule has 1 nitrogen and oxygen atoms in total. The molecule has 0 rings (SSSR count). The molecular formula is C11H22O. The van der Waals surface area contributed by atoms with Crippen LogP contribution in [0.5, 0.6) is 0 Å². The van der Waals surface area contributed by atoms with Gasteiger partial charge in [-0.05, 0) is 39.0 Å². The van der Waals surface area contributed by atoms with Gasteiger partial charge < -0.3 is 5.11 Å². The zero-order valence-corrected chi connectivity index (χ0v) is 8.80. The molecule has 1 atom stereocenters. The van der Waals surface area contributed by atoms with Crippen LogP contribution in [0.2, 0.25) is 0 Å². The number of hydrogen-bond donors (Lipinski definition) is 1. The average Bonchev–Trinajstić information content (AvgIpc) is 1.84. The summed E-state index contributed by atoms with van der Waals surface area (Å²) < 4.78 is 0. The quantitative estimate of drug-likeness (QED) is 0.628. The Morgan fingerprint density at radius 1 is 1.33 bits per heavy atom. The van der Waals surface area contributed by atoms with Gasteiger partial charge >= 0.3 is 0 Å². The minimum absolute atomic E-state index is 0.111. The molecule has 0 radical (unpaired) electrons. The lowest BCUT2D eigenvalue weighted by Crippen LogP contribution is -2.09. The third-order valence-electron chi connectivity index (χ3n) is 1.80. The lowest BCUT2D eigenvalue weighted by molar-refractivity contribution is 0.140.